The number of nitrogens with zero attached hydrogens (tertiary/aromatic N) is 1. The van der Waals surface area contributed by atoms with E-state index in [0.717, 1.165) is 6.07 Å². The van der Waals surface area contributed by atoms with Crippen LogP contribution in [0, 0.1) is 10.1 Å². The third-order valence-electron chi connectivity index (χ3n) is 1.92. The van der Waals surface area contributed by atoms with Gasteiger partial charge in [0.05, 0.1) is 4.92 Å². The second-order valence-corrected chi connectivity index (χ2v) is 3.17. The molecular weight excluding hydrogens is 254 g/mol. The van der Waals surface area contributed by atoms with Gasteiger partial charge in [0.25, 0.3) is 12.1 Å². The Balaban J connectivity index is 3.20. The zero-order chi connectivity index (χ0) is 13.9. The summed E-state index contributed by atoms with van der Waals surface area (Å²) in [5.74, 6) is -1.98. The number of alkyl halides is 2. The van der Waals surface area contributed by atoms with Crippen molar-refractivity contribution in [3.63, 3.8) is 0 Å². The Kier molecular flexibility index (Phi) is 3.97. The highest BCUT2D eigenvalue weighted by Crippen LogP contribution is 2.31. The molecule has 9 heteroatoms. The number of anilines is 1. The number of nitrogens with two attached hydrogens (primary N) is 1. The van der Waals surface area contributed by atoms with Crippen molar-refractivity contribution in [2.24, 2.45) is 0 Å². The Morgan fingerprint density at radius 1 is 1.56 bits per heavy atom. The smallest absolute Gasteiger partial charge is 0.339 e. The van der Waals surface area contributed by atoms with Crippen LogP contribution in [0.1, 0.15) is 10.4 Å². The minimum Gasteiger partial charge on any atom is -0.487 e. The lowest BCUT2D eigenvalue weighted by molar-refractivity contribution is -0.383. The van der Waals surface area contributed by atoms with Gasteiger partial charge in [-0.15, -0.1) is 0 Å². The number of rotatable bonds is 5. The molecule has 0 heterocycles. The van der Waals surface area contributed by atoms with Crippen molar-refractivity contribution in [2.45, 2.75) is 6.43 Å². The minimum atomic E-state index is -2.80. The third-order valence-corrected chi connectivity index (χ3v) is 1.92. The number of aromatic carboxylic acids is 1. The first-order valence-corrected chi connectivity index (χ1v) is 4.55. The molecule has 0 amide bonds. The van der Waals surface area contributed by atoms with Crippen molar-refractivity contribution in [1.82, 2.24) is 0 Å². The summed E-state index contributed by atoms with van der Waals surface area (Å²) in [7, 11) is 0. The maximum atomic E-state index is 11.9. The van der Waals surface area contributed by atoms with Crippen LogP contribution in [0.25, 0.3) is 0 Å². The molecule has 1 rings (SSSR count). The molecule has 0 radical (unpaired) electrons. The number of hydrogen-bond donors (Lipinski definition) is 2. The molecule has 1 aromatic carbocycles. The van der Waals surface area contributed by atoms with E-state index in [4.69, 9.17) is 10.8 Å². The summed E-state index contributed by atoms with van der Waals surface area (Å²) < 4.78 is 28.4. The van der Waals surface area contributed by atoms with Crippen molar-refractivity contribution in [3.05, 3.63) is 27.8 Å². The molecule has 0 unspecified atom stereocenters. The van der Waals surface area contributed by atoms with E-state index in [-0.39, 0.29) is 5.69 Å². The molecule has 3 N–H and O–H groups in total. The van der Waals surface area contributed by atoms with Gasteiger partial charge in [-0.3, -0.25) is 10.1 Å². The van der Waals surface area contributed by atoms with E-state index in [1.807, 2.05) is 0 Å². The molecule has 0 aliphatic carbocycles. The van der Waals surface area contributed by atoms with Crippen LogP contribution in [-0.4, -0.2) is 29.0 Å². The SMILES string of the molecule is Nc1cc(OCC(F)F)c(C(=O)O)cc1[N+](=O)[O-]. The monoisotopic (exact) mass is 262 g/mol. The van der Waals surface area contributed by atoms with E-state index >= 15 is 0 Å². The number of carboxylic acids is 1. The van der Waals surface area contributed by atoms with Gasteiger partial charge in [-0.1, -0.05) is 0 Å². The van der Waals surface area contributed by atoms with Crippen molar-refractivity contribution >= 4 is 17.3 Å². The third kappa shape index (κ3) is 3.03. The van der Waals surface area contributed by atoms with Gasteiger partial charge in [-0.2, -0.15) is 0 Å². The first kappa shape index (κ1) is 13.6. The first-order chi connectivity index (χ1) is 8.32. The van der Waals surface area contributed by atoms with E-state index < -0.39 is 40.9 Å². The molecular formula is C9H8F2N2O5. The number of halogens is 2. The fraction of sp³-hybridized carbons (Fsp3) is 0.222. The number of hydrogen-bond acceptors (Lipinski definition) is 5. The topological polar surface area (TPSA) is 116 Å². The average molecular weight is 262 g/mol. The molecule has 18 heavy (non-hydrogen) atoms. The van der Waals surface area contributed by atoms with Gasteiger partial charge in [0, 0.05) is 12.1 Å². The molecule has 7 nitrogen and oxygen atoms in total. The fourth-order valence-electron chi connectivity index (χ4n) is 1.18. The number of carbonyl (C=O) groups is 1. The Bertz CT molecular complexity index is 492. The molecule has 0 saturated heterocycles. The van der Waals surface area contributed by atoms with E-state index in [9.17, 15) is 23.7 Å². The van der Waals surface area contributed by atoms with Crippen LogP contribution < -0.4 is 10.5 Å². The molecule has 0 aliphatic heterocycles. The zero-order valence-corrected chi connectivity index (χ0v) is 8.80. The molecule has 0 aromatic heterocycles. The highest BCUT2D eigenvalue weighted by molar-refractivity contribution is 5.93. The summed E-state index contributed by atoms with van der Waals surface area (Å²) in [6.45, 7) is -1.03. The van der Waals surface area contributed by atoms with E-state index in [2.05, 4.69) is 4.74 Å². The Hall–Kier alpha value is -2.45. The van der Waals surface area contributed by atoms with Crippen LogP contribution in [0.5, 0.6) is 5.75 Å². The molecule has 0 atom stereocenters. The van der Waals surface area contributed by atoms with Gasteiger partial charge >= 0.3 is 5.97 Å². The molecule has 0 saturated carbocycles. The van der Waals surface area contributed by atoms with E-state index in [1.54, 1.807) is 0 Å². The van der Waals surface area contributed by atoms with Gasteiger partial charge < -0.3 is 15.6 Å². The highest BCUT2D eigenvalue weighted by atomic mass is 19.3. The number of nitro groups is 1. The molecule has 0 aliphatic rings. The molecule has 0 spiro atoms. The van der Waals surface area contributed by atoms with Crippen LogP contribution in [0.4, 0.5) is 20.2 Å². The number of ether oxygens (including phenoxy) is 1. The van der Waals surface area contributed by atoms with Crippen molar-refractivity contribution in [2.75, 3.05) is 12.3 Å². The van der Waals surface area contributed by atoms with Gasteiger partial charge in [0.15, 0.2) is 0 Å². The van der Waals surface area contributed by atoms with Crippen LogP contribution in [0.3, 0.4) is 0 Å². The van der Waals surface area contributed by atoms with Crippen LogP contribution >= 0.6 is 0 Å². The second-order valence-electron chi connectivity index (χ2n) is 3.17. The molecule has 0 fully saturated rings. The lowest BCUT2D eigenvalue weighted by Gasteiger charge is -2.09. The molecule has 98 valence electrons. The summed E-state index contributed by atoms with van der Waals surface area (Å²) in [4.78, 5) is 20.5. The number of benzene rings is 1. The predicted octanol–water partition coefficient (Wildman–Crippen LogP) is 1.52. The summed E-state index contributed by atoms with van der Waals surface area (Å²) in [6.07, 6.45) is -2.80. The Morgan fingerprint density at radius 2 is 2.17 bits per heavy atom. The van der Waals surface area contributed by atoms with E-state index in [1.165, 1.54) is 0 Å². The quantitative estimate of drug-likeness (QED) is 0.472. The molecule has 0 bridgehead atoms. The average Bonchev–Trinajstić information content (AvgIpc) is 2.25. The van der Waals surface area contributed by atoms with Crippen molar-refractivity contribution in [3.8, 4) is 5.75 Å². The second kappa shape index (κ2) is 5.25. The zero-order valence-electron chi connectivity index (χ0n) is 8.80. The fourth-order valence-corrected chi connectivity index (χ4v) is 1.18. The van der Waals surface area contributed by atoms with Crippen LogP contribution in [0.15, 0.2) is 12.1 Å². The maximum Gasteiger partial charge on any atom is 0.339 e. The van der Waals surface area contributed by atoms with E-state index in [0.29, 0.717) is 6.07 Å². The van der Waals surface area contributed by atoms with Crippen LogP contribution in [0.2, 0.25) is 0 Å². The number of nitrogen functional groups attached to an aromatic ring is 1. The van der Waals surface area contributed by atoms with Crippen molar-refractivity contribution in [1.29, 1.82) is 0 Å². The summed E-state index contributed by atoms with van der Waals surface area (Å²) in [6, 6.07) is 1.50. The minimum absolute atomic E-state index is 0.366. The Labute approximate surface area is 98.9 Å². The lowest BCUT2D eigenvalue weighted by atomic mass is 10.1. The van der Waals surface area contributed by atoms with Crippen LogP contribution in [-0.2, 0) is 0 Å². The highest BCUT2D eigenvalue weighted by Gasteiger charge is 2.21. The maximum absolute atomic E-state index is 11.9. The van der Waals surface area contributed by atoms with Gasteiger partial charge in [0.1, 0.15) is 23.6 Å². The normalized spacial score (nSPS) is 10.4. The van der Waals surface area contributed by atoms with Gasteiger partial charge in [-0.05, 0) is 0 Å². The van der Waals surface area contributed by atoms with Gasteiger partial charge in [-0.25, -0.2) is 13.6 Å². The number of nitro benzene ring substituents is 1. The predicted molar refractivity (Wildman–Crippen MR) is 56.0 cm³/mol. The first-order valence-electron chi connectivity index (χ1n) is 4.55. The summed E-state index contributed by atoms with van der Waals surface area (Å²) in [5.41, 5.74) is 3.70. The summed E-state index contributed by atoms with van der Waals surface area (Å²) in [5, 5.41) is 19.3. The standard InChI is InChI=1S/C9H8F2N2O5/c10-8(11)3-18-7-2-5(12)6(13(16)17)1-4(7)9(14)15/h1-2,8H,3,12H2,(H,14,15). The molecule has 1 aromatic rings. The summed E-state index contributed by atoms with van der Waals surface area (Å²) >= 11 is 0. The van der Waals surface area contributed by atoms with Crippen molar-refractivity contribution < 1.29 is 28.3 Å². The number of carboxylic acid groups (broad SMARTS) is 1. The van der Waals surface area contributed by atoms with Gasteiger partial charge in [0.2, 0.25) is 0 Å². The Morgan fingerprint density at radius 3 is 2.61 bits per heavy atom. The lowest BCUT2D eigenvalue weighted by Crippen LogP contribution is -2.11. The largest absolute Gasteiger partial charge is 0.487 e.